The monoisotopic (exact) mass is 454 g/mol. The molecule has 0 saturated carbocycles. The topological polar surface area (TPSA) is 50.2 Å². The van der Waals surface area contributed by atoms with Gasteiger partial charge in [0, 0.05) is 11.1 Å². The van der Waals surface area contributed by atoms with Crippen molar-refractivity contribution in [3.8, 4) is 22.5 Å². The highest BCUT2D eigenvalue weighted by Crippen LogP contribution is 2.25. The molecule has 1 N–H and O–H groups in total. The van der Waals surface area contributed by atoms with E-state index in [0.29, 0.717) is 5.95 Å². The fraction of sp³-hybridized carbons (Fsp3) is 0.0645. The molecule has 1 aromatic heterocycles. The lowest BCUT2D eigenvalue weighted by atomic mass is 10.0. The number of nitrogens with zero attached hydrogens (tertiary/aromatic N) is 3. The third-order valence-electron chi connectivity index (χ3n) is 5.76. The SMILES string of the molecule is c1ccc(CCC(=NNc2nc(-c3ccccc3)cc(-c3ccccc3)n2)c2ccccc2)cc1. The van der Waals surface area contributed by atoms with Crippen LogP contribution in [0.4, 0.5) is 5.95 Å². The molecule has 1 heterocycles. The molecular weight excluding hydrogens is 428 g/mol. The second-order valence-electron chi connectivity index (χ2n) is 8.22. The van der Waals surface area contributed by atoms with Gasteiger partial charge in [-0.15, -0.1) is 0 Å². The Bertz CT molecular complexity index is 1330. The van der Waals surface area contributed by atoms with Crippen LogP contribution in [0, 0.1) is 0 Å². The molecule has 0 saturated heterocycles. The molecule has 0 spiro atoms. The number of hydrogen-bond donors (Lipinski definition) is 1. The van der Waals surface area contributed by atoms with Crippen molar-refractivity contribution in [1.29, 1.82) is 0 Å². The van der Waals surface area contributed by atoms with E-state index >= 15 is 0 Å². The van der Waals surface area contributed by atoms with Crippen LogP contribution in [0.5, 0.6) is 0 Å². The van der Waals surface area contributed by atoms with Crippen LogP contribution in [0.15, 0.2) is 132 Å². The van der Waals surface area contributed by atoms with E-state index in [9.17, 15) is 0 Å². The maximum Gasteiger partial charge on any atom is 0.244 e. The standard InChI is InChI=1S/C31H26N4/c1-5-13-24(14-6-1)21-22-28(25-15-7-2-8-16-25)34-35-31-32-29(26-17-9-3-10-18-26)23-30(33-31)27-19-11-4-12-20-27/h1-20,23H,21-22H2,(H,32,33,35). The fourth-order valence-corrected chi connectivity index (χ4v) is 3.93. The van der Waals surface area contributed by atoms with Gasteiger partial charge in [0.1, 0.15) is 0 Å². The van der Waals surface area contributed by atoms with E-state index in [0.717, 1.165) is 46.6 Å². The molecule has 0 aliphatic heterocycles. The van der Waals surface area contributed by atoms with Gasteiger partial charge >= 0.3 is 0 Å². The summed E-state index contributed by atoms with van der Waals surface area (Å²) in [5.74, 6) is 0.471. The lowest BCUT2D eigenvalue weighted by Gasteiger charge is -2.11. The molecule has 0 aliphatic rings. The first-order chi connectivity index (χ1) is 17.3. The largest absolute Gasteiger partial charge is 0.245 e. The van der Waals surface area contributed by atoms with Crippen molar-refractivity contribution in [2.75, 3.05) is 5.43 Å². The average Bonchev–Trinajstić information content (AvgIpc) is 2.95. The van der Waals surface area contributed by atoms with E-state index in [1.54, 1.807) is 0 Å². The molecule has 4 nitrogen and oxygen atoms in total. The van der Waals surface area contributed by atoms with Crippen LogP contribution in [-0.4, -0.2) is 15.7 Å². The van der Waals surface area contributed by atoms with Gasteiger partial charge in [-0.2, -0.15) is 5.10 Å². The minimum atomic E-state index is 0.471. The van der Waals surface area contributed by atoms with Crippen molar-refractivity contribution in [3.05, 3.63) is 139 Å². The summed E-state index contributed by atoms with van der Waals surface area (Å²) in [6.07, 6.45) is 1.70. The van der Waals surface area contributed by atoms with Gasteiger partial charge in [-0.3, -0.25) is 0 Å². The summed E-state index contributed by atoms with van der Waals surface area (Å²) in [6, 6.07) is 43.0. The van der Waals surface area contributed by atoms with Gasteiger partial charge in [-0.1, -0.05) is 121 Å². The predicted molar refractivity (Wildman–Crippen MR) is 144 cm³/mol. The second kappa shape index (κ2) is 11.0. The Hall–Kier alpha value is -4.57. The second-order valence-corrected chi connectivity index (χ2v) is 8.22. The van der Waals surface area contributed by atoms with Gasteiger partial charge in [0.05, 0.1) is 17.1 Å². The summed E-state index contributed by atoms with van der Waals surface area (Å²) in [5.41, 5.74) is 10.3. The van der Waals surface area contributed by atoms with Gasteiger partial charge in [0.15, 0.2) is 0 Å². The fourth-order valence-electron chi connectivity index (χ4n) is 3.93. The summed E-state index contributed by atoms with van der Waals surface area (Å²) in [4.78, 5) is 9.57. The molecule has 0 radical (unpaired) electrons. The molecule has 0 fully saturated rings. The third kappa shape index (κ3) is 5.87. The molecule has 0 unspecified atom stereocenters. The zero-order valence-corrected chi connectivity index (χ0v) is 19.4. The summed E-state index contributed by atoms with van der Waals surface area (Å²) in [5, 5.41) is 4.79. The van der Waals surface area contributed by atoms with Crippen molar-refractivity contribution in [2.45, 2.75) is 12.8 Å². The average molecular weight is 455 g/mol. The first-order valence-corrected chi connectivity index (χ1v) is 11.8. The Labute approximate surface area is 206 Å². The molecule has 0 aliphatic carbocycles. The summed E-state index contributed by atoms with van der Waals surface area (Å²) < 4.78 is 0. The van der Waals surface area contributed by atoms with E-state index in [4.69, 9.17) is 15.1 Å². The third-order valence-corrected chi connectivity index (χ3v) is 5.76. The molecule has 0 bridgehead atoms. The highest BCUT2D eigenvalue weighted by Gasteiger charge is 2.10. The number of anilines is 1. The molecular formula is C31H26N4. The minimum absolute atomic E-state index is 0.471. The Morgan fingerprint density at radius 1 is 0.600 bits per heavy atom. The molecule has 4 aromatic carbocycles. The predicted octanol–water partition coefficient (Wildman–Crippen LogP) is 7.26. The van der Waals surface area contributed by atoms with Crippen LogP contribution >= 0.6 is 0 Å². The molecule has 5 rings (SSSR count). The zero-order chi connectivity index (χ0) is 23.7. The lowest BCUT2D eigenvalue weighted by molar-refractivity contribution is 1.02. The van der Waals surface area contributed by atoms with Gasteiger partial charge in [-0.25, -0.2) is 15.4 Å². The van der Waals surface area contributed by atoms with Crippen LogP contribution in [0.3, 0.4) is 0 Å². The molecule has 0 amide bonds. The van der Waals surface area contributed by atoms with Gasteiger partial charge in [0.25, 0.3) is 0 Å². The van der Waals surface area contributed by atoms with Crippen molar-refractivity contribution < 1.29 is 0 Å². The molecule has 4 heteroatoms. The van der Waals surface area contributed by atoms with E-state index in [1.807, 2.05) is 66.7 Å². The number of hydrogen-bond acceptors (Lipinski definition) is 4. The zero-order valence-electron chi connectivity index (χ0n) is 19.4. The number of aryl methyl sites for hydroxylation is 1. The molecule has 0 atom stereocenters. The smallest absolute Gasteiger partial charge is 0.244 e. The first kappa shape index (κ1) is 22.2. The van der Waals surface area contributed by atoms with Crippen LogP contribution in [-0.2, 0) is 6.42 Å². The normalized spacial score (nSPS) is 11.3. The van der Waals surface area contributed by atoms with Crippen LogP contribution in [0.2, 0.25) is 0 Å². The first-order valence-electron chi connectivity index (χ1n) is 11.8. The van der Waals surface area contributed by atoms with Crippen molar-refractivity contribution in [1.82, 2.24) is 9.97 Å². The van der Waals surface area contributed by atoms with Crippen molar-refractivity contribution >= 4 is 11.7 Å². The molecule has 5 aromatic rings. The van der Waals surface area contributed by atoms with Crippen molar-refractivity contribution in [3.63, 3.8) is 0 Å². The summed E-state index contributed by atoms with van der Waals surface area (Å²) in [6.45, 7) is 0. The Morgan fingerprint density at radius 3 is 1.63 bits per heavy atom. The van der Waals surface area contributed by atoms with Crippen LogP contribution < -0.4 is 5.43 Å². The van der Waals surface area contributed by atoms with Crippen LogP contribution in [0.25, 0.3) is 22.5 Å². The number of benzene rings is 4. The van der Waals surface area contributed by atoms with E-state index in [1.165, 1.54) is 5.56 Å². The number of rotatable bonds is 8. The highest BCUT2D eigenvalue weighted by atomic mass is 15.4. The summed E-state index contributed by atoms with van der Waals surface area (Å²) >= 11 is 0. The number of hydrazone groups is 1. The Morgan fingerprint density at radius 2 is 1.09 bits per heavy atom. The van der Waals surface area contributed by atoms with E-state index < -0.39 is 0 Å². The maximum absolute atomic E-state index is 4.79. The van der Waals surface area contributed by atoms with Gasteiger partial charge in [0.2, 0.25) is 5.95 Å². The van der Waals surface area contributed by atoms with E-state index in [-0.39, 0.29) is 0 Å². The van der Waals surface area contributed by atoms with Crippen LogP contribution in [0.1, 0.15) is 17.5 Å². The minimum Gasteiger partial charge on any atom is -0.245 e. The Kier molecular flexibility index (Phi) is 7.01. The molecule has 170 valence electrons. The Balaban J connectivity index is 1.49. The number of aromatic nitrogens is 2. The quantitative estimate of drug-likeness (QED) is 0.198. The van der Waals surface area contributed by atoms with Gasteiger partial charge in [-0.05, 0) is 30.0 Å². The van der Waals surface area contributed by atoms with Crippen molar-refractivity contribution in [2.24, 2.45) is 5.10 Å². The van der Waals surface area contributed by atoms with E-state index in [2.05, 4.69) is 66.1 Å². The maximum atomic E-state index is 4.79. The summed E-state index contributed by atoms with van der Waals surface area (Å²) in [7, 11) is 0. The molecule has 35 heavy (non-hydrogen) atoms. The number of nitrogens with one attached hydrogen (secondary N) is 1. The van der Waals surface area contributed by atoms with Gasteiger partial charge < -0.3 is 0 Å². The highest BCUT2D eigenvalue weighted by molar-refractivity contribution is 6.01. The lowest BCUT2D eigenvalue weighted by Crippen LogP contribution is -2.08.